The minimum absolute atomic E-state index is 0.0713. The van der Waals surface area contributed by atoms with Gasteiger partial charge in [0.2, 0.25) is 0 Å². The van der Waals surface area contributed by atoms with Gasteiger partial charge in [-0.05, 0) is 37.3 Å². The summed E-state index contributed by atoms with van der Waals surface area (Å²) in [5.41, 5.74) is 0.655. The van der Waals surface area contributed by atoms with Gasteiger partial charge in [-0.25, -0.2) is 17.6 Å². The summed E-state index contributed by atoms with van der Waals surface area (Å²) >= 11 is 0. The molecule has 7 heteroatoms. The van der Waals surface area contributed by atoms with Crippen molar-refractivity contribution < 1.29 is 22.3 Å². The van der Waals surface area contributed by atoms with Crippen LogP contribution < -0.4 is 4.72 Å². The van der Waals surface area contributed by atoms with Crippen LogP contribution in [-0.4, -0.2) is 21.5 Å². The largest absolute Gasteiger partial charge is 0.465 e. The van der Waals surface area contributed by atoms with Gasteiger partial charge in [0, 0.05) is 5.69 Å². The summed E-state index contributed by atoms with van der Waals surface area (Å²) in [4.78, 5) is 11.5. The SMILES string of the molecule is COC(=O)c1cc(NS(=O)(=O)c2ccc(C)cc2)ccc1F. The average molecular weight is 323 g/mol. The number of hydrogen-bond donors (Lipinski definition) is 1. The molecule has 1 N–H and O–H groups in total. The number of anilines is 1. The van der Waals surface area contributed by atoms with Gasteiger partial charge in [0.25, 0.3) is 10.0 Å². The van der Waals surface area contributed by atoms with Crippen LogP contribution in [0.3, 0.4) is 0 Å². The molecule has 2 aromatic rings. The molecule has 0 bridgehead atoms. The van der Waals surface area contributed by atoms with Crippen LogP contribution in [0.25, 0.3) is 0 Å². The molecule has 0 fully saturated rings. The summed E-state index contributed by atoms with van der Waals surface area (Å²) in [6.45, 7) is 1.84. The lowest BCUT2D eigenvalue weighted by Gasteiger charge is -2.10. The molecule has 0 unspecified atom stereocenters. The Morgan fingerprint density at radius 3 is 2.36 bits per heavy atom. The first kappa shape index (κ1) is 16.0. The topological polar surface area (TPSA) is 72.5 Å². The number of hydrogen-bond acceptors (Lipinski definition) is 4. The summed E-state index contributed by atoms with van der Waals surface area (Å²) in [6.07, 6.45) is 0. The van der Waals surface area contributed by atoms with Crippen molar-refractivity contribution in [2.24, 2.45) is 0 Å². The van der Waals surface area contributed by atoms with E-state index in [9.17, 15) is 17.6 Å². The number of benzene rings is 2. The van der Waals surface area contributed by atoms with Gasteiger partial charge in [-0.15, -0.1) is 0 Å². The first-order chi connectivity index (χ1) is 10.3. The standard InChI is InChI=1S/C15H14FNO4S/c1-10-3-6-12(7-4-10)22(19,20)17-11-5-8-14(16)13(9-11)15(18)21-2/h3-9,17H,1-2H3. The molecule has 0 aliphatic carbocycles. The number of rotatable bonds is 4. The van der Waals surface area contributed by atoms with Gasteiger partial charge in [0.1, 0.15) is 5.82 Å². The van der Waals surface area contributed by atoms with Gasteiger partial charge in [0.05, 0.1) is 17.6 Å². The average Bonchev–Trinajstić information content (AvgIpc) is 2.48. The molecule has 22 heavy (non-hydrogen) atoms. The second-order valence-corrected chi connectivity index (χ2v) is 6.29. The Balaban J connectivity index is 2.34. The van der Waals surface area contributed by atoms with Crippen LogP contribution in [0.15, 0.2) is 47.4 Å². The molecule has 0 aromatic heterocycles. The lowest BCUT2D eigenvalue weighted by molar-refractivity contribution is 0.0595. The summed E-state index contributed by atoms with van der Waals surface area (Å²) in [6, 6.07) is 9.57. The molecular weight excluding hydrogens is 309 g/mol. The second kappa shape index (κ2) is 6.15. The number of methoxy groups -OCH3 is 1. The van der Waals surface area contributed by atoms with Crippen molar-refractivity contribution in [2.75, 3.05) is 11.8 Å². The van der Waals surface area contributed by atoms with Crippen molar-refractivity contribution in [1.29, 1.82) is 0 Å². The molecule has 0 saturated carbocycles. The molecule has 5 nitrogen and oxygen atoms in total. The van der Waals surface area contributed by atoms with Crippen molar-refractivity contribution in [3.8, 4) is 0 Å². The van der Waals surface area contributed by atoms with E-state index in [1.807, 2.05) is 6.92 Å². The van der Waals surface area contributed by atoms with Crippen LogP contribution in [0.4, 0.5) is 10.1 Å². The highest BCUT2D eigenvalue weighted by molar-refractivity contribution is 7.92. The zero-order chi connectivity index (χ0) is 16.3. The molecule has 2 rings (SSSR count). The number of nitrogens with one attached hydrogen (secondary N) is 1. The van der Waals surface area contributed by atoms with Gasteiger partial charge in [-0.1, -0.05) is 17.7 Å². The summed E-state index contributed by atoms with van der Waals surface area (Å²) in [7, 11) is -2.70. The minimum Gasteiger partial charge on any atom is -0.465 e. The van der Waals surface area contributed by atoms with Crippen LogP contribution in [0, 0.1) is 12.7 Å². The zero-order valence-electron chi connectivity index (χ0n) is 12.0. The van der Waals surface area contributed by atoms with Crippen molar-refractivity contribution in [3.63, 3.8) is 0 Å². The normalized spacial score (nSPS) is 11.0. The van der Waals surface area contributed by atoms with Gasteiger partial charge in [-0.3, -0.25) is 4.72 Å². The van der Waals surface area contributed by atoms with E-state index < -0.39 is 21.8 Å². The van der Waals surface area contributed by atoms with Crippen LogP contribution in [0.1, 0.15) is 15.9 Å². The van der Waals surface area contributed by atoms with E-state index in [1.54, 1.807) is 12.1 Å². The van der Waals surface area contributed by atoms with E-state index in [0.29, 0.717) is 0 Å². The Bertz CT molecular complexity index is 801. The summed E-state index contributed by atoms with van der Waals surface area (Å²) < 4.78 is 44.7. The molecule has 116 valence electrons. The molecular formula is C15H14FNO4S. The quantitative estimate of drug-likeness (QED) is 0.878. The van der Waals surface area contributed by atoms with Crippen molar-refractivity contribution in [1.82, 2.24) is 0 Å². The first-order valence-electron chi connectivity index (χ1n) is 6.31. The lowest BCUT2D eigenvalue weighted by atomic mass is 10.2. The van der Waals surface area contributed by atoms with E-state index in [0.717, 1.165) is 24.8 Å². The fourth-order valence-corrected chi connectivity index (χ4v) is 2.84. The van der Waals surface area contributed by atoms with Crippen molar-refractivity contribution >= 4 is 21.7 Å². The molecule has 0 saturated heterocycles. The zero-order valence-corrected chi connectivity index (χ0v) is 12.8. The predicted octanol–water partition coefficient (Wildman–Crippen LogP) is 2.72. The molecule has 0 aliphatic heterocycles. The fraction of sp³-hybridized carbons (Fsp3) is 0.133. The molecule has 0 atom stereocenters. The molecule has 0 radical (unpaired) electrons. The van der Waals surface area contributed by atoms with Gasteiger partial charge >= 0.3 is 5.97 Å². The van der Waals surface area contributed by atoms with E-state index in [1.165, 1.54) is 18.2 Å². The Kier molecular flexibility index (Phi) is 4.46. The lowest BCUT2D eigenvalue weighted by Crippen LogP contribution is -2.14. The van der Waals surface area contributed by atoms with E-state index in [2.05, 4.69) is 9.46 Å². The van der Waals surface area contributed by atoms with Crippen LogP contribution in [-0.2, 0) is 14.8 Å². The Morgan fingerprint density at radius 2 is 1.77 bits per heavy atom. The van der Waals surface area contributed by atoms with Crippen LogP contribution in [0.5, 0.6) is 0 Å². The fourth-order valence-electron chi connectivity index (χ4n) is 1.79. The molecule has 0 heterocycles. The highest BCUT2D eigenvalue weighted by Gasteiger charge is 2.17. The molecule has 2 aromatic carbocycles. The maximum atomic E-state index is 13.5. The molecule has 0 aliphatic rings. The van der Waals surface area contributed by atoms with Crippen molar-refractivity contribution in [2.45, 2.75) is 11.8 Å². The number of carbonyl (C=O) groups is 1. The molecule has 0 spiro atoms. The monoisotopic (exact) mass is 323 g/mol. The van der Waals surface area contributed by atoms with E-state index in [4.69, 9.17) is 0 Å². The number of halogens is 1. The number of ether oxygens (including phenoxy) is 1. The highest BCUT2D eigenvalue weighted by atomic mass is 32.2. The first-order valence-corrected chi connectivity index (χ1v) is 7.79. The Morgan fingerprint density at radius 1 is 1.14 bits per heavy atom. The molecule has 0 amide bonds. The highest BCUT2D eigenvalue weighted by Crippen LogP contribution is 2.20. The van der Waals surface area contributed by atoms with Gasteiger partial charge < -0.3 is 4.74 Å². The number of aryl methyl sites for hydroxylation is 1. The van der Waals surface area contributed by atoms with E-state index in [-0.39, 0.29) is 16.1 Å². The number of carbonyl (C=O) groups excluding carboxylic acids is 1. The maximum Gasteiger partial charge on any atom is 0.340 e. The summed E-state index contributed by atoms with van der Waals surface area (Å²) in [5.74, 6) is -1.67. The third-order valence-corrected chi connectivity index (χ3v) is 4.35. The van der Waals surface area contributed by atoms with Gasteiger partial charge in [-0.2, -0.15) is 0 Å². The second-order valence-electron chi connectivity index (χ2n) is 4.60. The third-order valence-electron chi connectivity index (χ3n) is 2.96. The Labute approximate surface area is 127 Å². The number of esters is 1. The van der Waals surface area contributed by atoms with Gasteiger partial charge in [0.15, 0.2) is 0 Å². The van der Waals surface area contributed by atoms with Crippen molar-refractivity contribution in [3.05, 3.63) is 59.4 Å². The predicted molar refractivity (Wildman–Crippen MR) is 79.7 cm³/mol. The smallest absolute Gasteiger partial charge is 0.340 e. The van der Waals surface area contributed by atoms with Crippen LogP contribution >= 0.6 is 0 Å². The number of sulfonamides is 1. The van der Waals surface area contributed by atoms with Crippen LogP contribution in [0.2, 0.25) is 0 Å². The Hall–Kier alpha value is -2.41. The third kappa shape index (κ3) is 3.43. The summed E-state index contributed by atoms with van der Waals surface area (Å²) in [5, 5.41) is 0. The van der Waals surface area contributed by atoms with E-state index >= 15 is 0 Å². The minimum atomic E-state index is -3.82. The maximum absolute atomic E-state index is 13.5.